The summed E-state index contributed by atoms with van der Waals surface area (Å²) >= 11 is 5.28. The molecule has 1 atom stereocenters. The highest BCUT2D eigenvalue weighted by Crippen LogP contribution is 2.44. The molecule has 0 saturated carbocycles. The van der Waals surface area contributed by atoms with Crippen molar-refractivity contribution >= 4 is 46.6 Å². The molecular weight excluding hydrogens is 437 g/mol. The van der Waals surface area contributed by atoms with Crippen LogP contribution in [0.5, 0.6) is 0 Å². The van der Waals surface area contributed by atoms with Gasteiger partial charge in [0.1, 0.15) is 11.4 Å². The van der Waals surface area contributed by atoms with Gasteiger partial charge in [0.15, 0.2) is 5.11 Å². The molecule has 2 aliphatic rings. The fourth-order valence-corrected chi connectivity index (χ4v) is 5.35. The van der Waals surface area contributed by atoms with Gasteiger partial charge < -0.3 is 4.90 Å². The Morgan fingerprint density at radius 3 is 2.58 bits per heavy atom. The number of carbonyl (C=O) groups excluding carboxylic acids is 2. The molecule has 1 fully saturated rings. The Balaban J connectivity index is 1.79. The van der Waals surface area contributed by atoms with Gasteiger partial charge in [-0.1, -0.05) is 25.1 Å². The lowest BCUT2D eigenvalue weighted by Gasteiger charge is -2.47. The van der Waals surface area contributed by atoms with Crippen molar-refractivity contribution in [2.75, 3.05) is 16.3 Å². The smallest absolute Gasteiger partial charge is 0.270 e. The van der Waals surface area contributed by atoms with Crippen molar-refractivity contribution in [3.05, 3.63) is 64.5 Å². The molecule has 0 bridgehead atoms. The second-order valence-electron chi connectivity index (χ2n) is 9.34. The van der Waals surface area contributed by atoms with Crippen LogP contribution in [0.4, 0.5) is 15.8 Å². The van der Waals surface area contributed by atoms with E-state index in [4.69, 9.17) is 12.2 Å². The average molecular weight is 466 g/mol. The minimum atomic E-state index is -0.628. The predicted octanol–water partition coefficient (Wildman–Crippen LogP) is 5.08. The van der Waals surface area contributed by atoms with Gasteiger partial charge in [-0.05, 0) is 87.7 Å². The first-order chi connectivity index (χ1) is 15.5. The van der Waals surface area contributed by atoms with Crippen molar-refractivity contribution in [2.24, 2.45) is 0 Å². The van der Waals surface area contributed by atoms with Gasteiger partial charge in [-0.15, -0.1) is 0 Å². The first-order valence-electron chi connectivity index (χ1n) is 11.1. The second-order valence-corrected chi connectivity index (χ2v) is 9.73. The third-order valence-corrected chi connectivity index (χ3v) is 6.86. The maximum Gasteiger partial charge on any atom is 0.270 e. The molecule has 0 aliphatic carbocycles. The molecule has 5 nitrogen and oxygen atoms in total. The van der Waals surface area contributed by atoms with Crippen molar-refractivity contribution in [3.8, 4) is 0 Å². The van der Waals surface area contributed by atoms with Gasteiger partial charge >= 0.3 is 0 Å². The Bertz CT molecular complexity index is 1200. The van der Waals surface area contributed by atoms with Crippen molar-refractivity contribution < 1.29 is 14.0 Å². The van der Waals surface area contributed by atoms with E-state index in [-0.39, 0.29) is 27.7 Å². The molecule has 1 saturated heterocycles. The molecule has 0 radical (unpaired) electrons. The Labute approximate surface area is 199 Å². The molecule has 0 aromatic heterocycles. The highest BCUT2D eigenvalue weighted by Gasteiger charge is 2.37. The quantitative estimate of drug-likeness (QED) is 0.390. The van der Waals surface area contributed by atoms with E-state index < -0.39 is 17.6 Å². The zero-order valence-electron chi connectivity index (χ0n) is 19.5. The van der Waals surface area contributed by atoms with E-state index in [1.807, 2.05) is 19.1 Å². The summed E-state index contributed by atoms with van der Waals surface area (Å²) in [6.45, 7) is 11.1. The van der Waals surface area contributed by atoms with Crippen LogP contribution in [-0.4, -0.2) is 29.0 Å². The number of hydrogen-bond donors (Lipinski definition) is 1. The number of rotatable bonds is 3. The first-order valence-corrected chi connectivity index (χ1v) is 11.5. The van der Waals surface area contributed by atoms with Crippen LogP contribution in [0.15, 0.2) is 42.0 Å². The third-order valence-electron chi connectivity index (χ3n) is 6.58. The standard InChI is InChI=1S/C26H28FN3O2S/c1-6-29-22-13-20(27)17(11-18(22)16(3)14-26(29,4)5)12-19-23(31)28-25(33)30(24(19)32)21-10-8-7-9-15(21)2/h7-13,16H,6,14H2,1-5H3,(H,28,31,33)/b19-12-. The summed E-state index contributed by atoms with van der Waals surface area (Å²) in [4.78, 5) is 29.5. The van der Waals surface area contributed by atoms with E-state index in [0.717, 1.165) is 29.8 Å². The molecule has 2 amide bonds. The molecule has 1 N–H and O–H groups in total. The predicted molar refractivity (Wildman–Crippen MR) is 134 cm³/mol. The normalized spacial score (nSPS) is 21.3. The van der Waals surface area contributed by atoms with E-state index in [2.05, 4.69) is 37.9 Å². The summed E-state index contributed by atoms with van der Waals surface area (Å²) in [6, 6.07) is 10.6. The highest BCUT2D eigenvalue weighted by molar-refractivity contribution is 7.80. The Morgan fingerprint density at radius 1 is 1.21 bits per heavy atom. The Hall–Kier alpha value is -3.06. The summed E-state index contributed by atoms with van der Waals surface area (Å²) in [6.07, 6.45) is 2.26. The molecule has 33 heavy (non-hydrogen) atoms. The molecule has 7 heteroatoms. The fraction of sp³-hybridized carbons (Fsp3) is 0.346. The number of hydrogen-bond acceptors (Lipinski definition) is 4. The van der Waals surface area contributed by atoms with Crippen LogP contribution in [-0.2, 0) is 9.59 Å². The van der Waals surface area contributed by atoms with E-state index in [0.29, 0.717) is 5.69 Å². The molecule has 2 aromatic rings. The van der Waals surface area contributed by atoms with E-state index in [9.17, 15) is 9.59 Å². The number of amides is 2. The molecule has 0 spiro atoms. The number of para-hydroxylation sites is 1. The monoisotopic (exact) mass is 465 g/mol. The number of fused-ring (bicyclic) bond motifs is 1. The van der Waals surface area contributed by atoms with Crippen LogP contribution in [0, 0.1) is 12.7 Å². The van der Waals surface area contributed by atoms with Crippen LogP contribution in [0.1, 0.15) is 56.7 Å². The molecule has 2 aromatic carbocycles. The molecule has 172 valence electrons. The van der Waals surface area contributed by atoms with Gasteiger partial charge in [-0.3, -0.25) is 19.8 Å². The lowest BCUT2D eigenvalue weighted by atomic mass is 9.79. The highest BCUT2D eigenvalue weighted by atomic mass is 32.1. The fourth-order valence-electron chi connectivity index (χ4n) is 5.08. The van der Waals surface area contributed by atoms with E-state index in [1.165, 1.54) is 17.0 Å². The SMILES string of the molecule is CCN1c2cc(F)c(/C=C3/C(=O)NC(=S)N(c4ccccc4C)C3=O)cc2C(C)CC1(C)C. The van der Waals surface area contributed by atoms with Crippen molar-refractivity contribution in [1.29, 1.82) is 0 Å². The number of halogens is 1. The molecule has 4 rings (SSSR count). The number of nitrogens with one attached hydrogen (secondary N) is 1. The zero-order chi connectivity index (χ0) is 24.1. The lowest BCUT2D eigenvalue weighted by Crippen LogP contribution is -2.54. The van der Waals surface area contributed by atoms with Crippen molar-refractivity contribution in [1.82, 2.24) is 5.32 Å². The van der Waals surface area contributed by atoms with Crippen LogP contribution < -0.4 is 15.1 Å². The maximum atomic E-state index is 15.3. The summed E-state index contributed by atoms with van der Waals surface area (Å²) < 4.78 is 15.3. The summed E-state index contributed by atoms with van der Waals surface area (Å²) in [7, 11) is 0. The van der Waals surface area contributed by atoms with Crippen LogP contribution in [0.25, 0.3) is 6.08 Å². The maximum absolute atomic E-state index is 15.3. The summed E-state index contributed by atoms with van der Waals surface area (Å²) in [5, 5.41) is 2.58. The number of aryl methyl sites for hydroxylation is 1. The van der Waals surface area contributed by atoms with E-state index >= 15 is 4.39 Å². The largest absolute Gasteiger partial charge is 0.366 e. The topological polar surface area (TPSA) is 52.7 Å². The number of carbonyl (C=O) groups is 2. The van der Waals surface area contributed by atoms with Crippen molar-refractivity contribution in [2.45, 2.75) is 52.5 Å². The molecule has 2 heterocycles. The van der Waals surface area contributed by atoms with E-state index in [1.54, 1.807) is 18.2 Å². The minimum absolute atomic E-state index is 0.0109. The Morgan fingerprint density at radius 2 is 1.91 bits per heavy atom. The second kappa shape index (κ2) is 8.37. The average Bonchev–Trinajstić information content (AvgIpc) is 2.72. The van der Waals surface area contributed by atoms with Gasteiger partial charge in [0, 0.05) is 23.3 Å². The minimum Gasteiger partial charge on any atom is -0.366 e. The van der Waals surface area contributed by atoms with Crippen LogP contribution in [0.2, 0.25) is 0 Å². The number of thiocarbonyl (C=S) groups is 1. The van der Waals surface area contributed by atoms with Crippen LogP contribution >= 0.6 is 12.2 Å². The van der Waals surface area contributed by atoms with Crippen LogP contribution in [0.3, 0.4) is 0 Å². The number of anilines is 2. The zero-order valence-corrected chi connectivity index (χ0v) is 20.3. The van der Waals surface area contributed by atoms with Gasteiger partial charge in [0.25, 0.3) is 11.8 Å². The first kappa shape index (κ1) is 23.1. The molecular formula is C26H28FN3O2S. The molecule has 2 aliphatic heterocycles. The van der Waals surface area contributed by atoms with Gasteiger partial charge in [-0.25, -0.2) is 4.39 Å². The van der Waals surface area contributed by atoms with Gasteiger partial charge in [0.2, 0.25) is 0 Å². The van der Waals surface area contributed by atoms with Gasteiger partial charge in [0.05, 0.1) is 5.69 Å². The summed E-state index contributed by atoms with van der Waals surface area (Å²) in [5.74, 6) is -1.46. The summed E-state index contributed by atoms with van der Waals surface area (Å²) in [5.41, 5.74) is 3.27. The lowest BCUT2D eigenvalue weighted by molar-refractivity contribution is -0.122. The third kappa shape index (κ3) is 3.95. The Kier molecular flexibility index (Phi) is 5.86. The number of nitrogens with zero attached hydrogens (tertiary/aromatic N) is 2. The van der Waals surface area contributed by atoms with Gasteiger partial charge in [-0.2, -0.15) is 0 Å². The molecule has 1 unspecified atom stereocenters. The number of benzene rings is 2. The van der Waals surface area contributed by atoms with Crippen molar-refractivity contribution in [3.63, 3.8) is 0 Å².